The number of nitrogens with one attached hydrogen (secondary N) is 3. The summed E-state index contributed by atoms with van der Waals surface area (Å²) < 4.78 is 5.43. The fourth-order valence-corrected chi connectivity index (χ4v) is 3.76. The molecule has 4 aromatic rings. The molecule has 5 rings (SSSR count). The van der Waals surface area contributed by atoms with Crippen LogP contribution in [0.1, 0.15) is 5.56 Å². The van der Waals surface area contributed by atoms with Crippen LogP contribution in [0.5, 0.6) is 0 Å². The van der Waals surface area contributed by atoms with Gasteiger partial charge < -0.3 is 25.3 Å². The molecule has 8 heteroatoms. The molecule has 0 radical (unpaired) electrons. The number of aryl methyl sites for hydroxylation is 1. The van der Waals surface area contributed by atoms with E-state index in [2.05, 4.69) is 42.6 Å². The highest BCUT2D eigenvalue weighted by Crippen LogP contribution is 2.27. The zero-order chi connectivity index (χ0) is 21.9. The zero-order valence-electron chi connectivity index (χ0n) is 17.8. The Kier molecular flexibility index (Phi) is 5.43. The van der Waals surface area contributed by atoms with Crippen molar-refractivity contribution in [1.82, 2.24) is 15.0 Å². The maximum Gasteiger partial charge on any atom is 0.259 e. The van der Waals surface area contributed by atoms with E-state index in [9.17, 15) is 4.79 Å². The maximum atomic E-state index is 12.6. The predicted octanol–water partition coefficient (Wildman–Crippen LogP) is 3.95. The Morgan fingerprint density at radius 1 is 1.00 bits per heavy atom. The second-order valence-electron chi connectivity index (χ2n) is 7.74. The number of anilines is 5. The van der Waals surface area contributed by atoms with Crippen LogP contribution in [0.25, 0.3) is 10.8 Å². The standard InChI is InChI=1S/C24H24N6O2/c1-16-2-7-20(26-15-16)28-21-14-17-8-9-25-24(31)22(17)23(29-21)27-18-3-5-19(6-4-18)30-10-12-32-13-11-30/h2-9,14-15H,10-13H2,1H3,(H,25,31)(H2,26,27,28,29). The second kappa shape index (κ2) is 8.68. The first-order chi connectivity index (χ1) is 15.7. The van der Waals surface area contributed by atoms with E-state index in [1.165, 1.54) is 0 Å². The molecule has 1 aromatic carbocycles. The van der Waals surface area contributed by atoms with Gasteiger partial charge in [0.15, 0.2) is 0 Å². The average molecular weight is 428 g/mol. The van der Waals surface area contributed by atoms with Crippen LogP contribution in [0, 0.1) is 6.92 Å². The minimum absolute atomic E-state index is 0.192. The molecule has 3 aromatic heterocycles. The van der Waals surface area contributed by atoms with Crippen molar-refractivity contribution in [2.45, 2.75) is 6.92 Å². The molecule has 0 amide bonds. The summed E-state index contributed by atoms with van der Waals surface area (Å²) in [5.41, 5.74) is 2.89. The van der Waals surface area contributed by atoms with Crippen LogP contribution in [0.15, 0.2) is 65.7 Å². The summed E-state index contributed by atoms with van der Waals surface area (Å²) in [6.45, 7) is 5.25. The van der Waals surface area contributed by atoms with Crippen LogP contribution >= 0.6 is 0 Å². The Labute approximate surface area is 185 Å². The van der Waals surface area contributed by atoms with Crippen LogP contribution < -0.4 is 21.1 Å². The van der Waals surface area contributed by atoms with Crippen molar-refractivity contribution in [3.05, 3.63) is 76.8 Å². The number of aromatic nitrogens is 3. The summed E-state index contributed by atoms with van der Waals surface area (Å²) in [7, 11) is 0. The lowest BCUT2D eigenvalue weighted by molar-refractivity contribution is 0.122. The van der Waals surface area contributed by atoms with Gasteiger partial charge in [-0.2, -0.15) is 0 Å². The topological polar surface area (TPSA) is 95.2 Å². The third-order valence-corrected chi connectivity index (χ3v) is 5.43. The van der Waals surface area contributed by atoms with Gasteiger partial charge in [0.25, 0.3) is 5.56 Å². The van der Waals surface area contributed by atoms with Crippen molar-refractivity contribution in [2.75, 3.05) is 41.8 Å². The van der Waals surface area contributed by atoms with E-state index >= 15 is 0 Å². The number of pyridine rings is 3. The first-order valence-corrected chi connectivity index (χ1v) is 10.6. The Morgan fingerprint density at radius 2 is 1.81 bits per heavy atom. The van der Waals surface area contributed by atoms with Crippen molar-refractivity contribution >= 4 is 39.6 Å². The van der Waals surface area contributed by atoms with Gasteiger partial charge in [-0.1, -0.05) is 6.07 Å². The summed E-state index contributed by atoms with van der Waals surface area (Å²) >= 11 is 0. The van der Waals surface area contributed by atoms with Gasteiger partial charge in [0.05, 0.1) is 18.6 Å². The Bertz CT molecular complexity index is 1280. The molecule has 0 aliphatic carbocycles. The molecule has 1 aliphatic rings. The molecule has 32 heavy (non-hydrogen) atoms. The van der Waals surface area contributed by atoms with Crippen molar-refractivity contribution in [3.8, 4) is 0 Å². The van der Waals surface area contributed by atoms with E-state index in [0.717, 1.165) is 48.6 Å². The van der Waals surface area contributed by atoms with E-state index in [0.29, 0.717) is 22.8 Å². The molecule has 8 nitrogen and oxygen atoms in total. The number of aromatic amines is 1. The van der Waals surface area contributed by atoms with E-state index in [-0.39, 0.29) is 5.56 Å². The zero-order valence-corrected chi connectivity index (χ0v) is 17.8. The first-order valence-electron chi connectivity index (χ1n) is 10.6. The normalized spacial score (nSPS) is 13.8. The number of fused-ring (bicyclic) bond motifs is 1. The number of nitrogens with zero attached hydrogens (tertiary/aromatic N) is 3. The third kappa shape index (κ3) is 4.26. The lowest BCUT2D eigenvalue weighted by Crippen LogP contribution is -2.36. The fourth-order valence-electron chi connectivity index (χ4n) is 3.76. The van der Waals surface area contributed by atoms with Gasteiger partial charge in [-0.25, -0.2) is 9.97 Å². The predicted molar refractivity (Wildman–Crippen MR) is 127 cm³/mol. The highest BCUT2D eigenvalue weighted by atomic mass is 16.5. The average Bonchev–Trinajstić information content (AvgIpc) is 2.82. The number of H-pyrrole nitrogens is 1. The van der Waals surface area contributed by atoms with Crippen molar-refractivity contribution in [1.29, 1.82) is 0 Å². The molecule has 1 fully saturated rings. The van der Waals surface area contributed by atoms with Crippen LogP contribution in [0.3, 0.4) is 0 Å². The first kappa shape index (κ1) is 20.0. The van der Waals surface area contributed by atoms with Crippen molar-refractivity contribution in [2.24, 2.45) is 0 Å². The SMILES string of the molecule is Cc1ccc(Nc2cc3cc[nH]c(=O)c3c(Nc3ccc(N4CCOCC4)cc3)n2)nc1. The summed E-state index contributed by atoms with van der Waals surface area (Å²) in [6, 6.07) is 15.7. The molecular formula is C24H24N6O2. The van der Waals surface area contributed by atoms with Crippen LogP contribution in [0.2, 0.25) is 0 Å². The van der Waals surface area contributed by atoms with E-state index in [4.69, 9.17) is 4.74 Å². The smallest absolute Gasteiger partial charge is 0.259 e. The van der Waals surface area contributed by atoms with Gasteiger partial charge in [0, 0.05) is 36.9 Å². The van der Waals surface area contributed by atoms with Gasteiger partial charge in [0.2, 0.25) is 0 Å². The molecule has 0 bridgehead atoms. The minimum Gasteiger partial charge on any atom is -0.378 e. The lowest BCUT2D eigenvalue weighted by atomic mass is 10.2. The van der Waals surface area contributed by atoms with E-state index in [1.807, 2.05) is 43.3 Å². The molecule has 4 heterocycles. The number of rotatable bonds is 5. The highest BCUT2D eigenvalue weighted by Gasteiger charge is 2.13. The fraction of sp³-hybridized carbons (Fsp3) is 0.208. The van der Waals surface area contributed by atoms with Gasteiger partial charge in [0.1, 0.15) is 17.5 Å². The van der Waals surface area contributed by atoms with Crippen LogP contribution in [-0.4, -0.2) is 41.3 Å². The Balaban J connectivity index is 1.46. The number of ether oxygens (including phenoxy) is 1. The van der Waals surface area contributed by atoms with Crippen LogP contribution in [-0.2, 0) is 4.74 Å². The molecule has 1 aliphatic heterocycles. The molecule has 0 atom stereocenters. The van der Waals surface area contributed by atoms with Crippen molar-refractivity contribution < 1.29 is 4.74 Å². The molecular weight excluding hydrogens is 404 g/mol. The largest absolute Gasteiger partial charge is 0.378 e. The molecule has 1 saturated heterocycles. The molecule has 3 N–H and O–H groups in total. The number of hydrogen-bond acceptors (Lipinski definition) is 7. The lowest BCUT2D eigenvalue weighted by Gasteiger charge is -2.28. The van der Waals surface area contributed by atoms with Gasteiger partial charge >= 0.3 is 0 Å². The summed E-state index contributed by atoms with van der Waals surface area (Å²) in [5.74, 6) is 1.78. The molecule has 0 spiro atoms. The van der Waals surface area contributed by atoms with E-state index in [1.54, 1.807) is 12.4 Å². The van der Waals surface area contributed by atoms with Gasteiger partial charge in [-0.05, 0) is 60.3 Å². The quantitative estimate of drug-likeness (QED) is 0.443. The highest BCUT2D eigenvalue weighted by molar-refractivity contribution is 5.94. The van der Waals surface area contributed by atoms with Gasteiger partial charge in [-0.3, -0.25) is 4.79 Å². The second-order valence-corrected chi connectivity index (χ2v) is 7.74. The summed E-state index contributed by atoms with van der Waals surface area (Å²) in [5, 5.41) is 7.84. The summed E-state index contributed by atoms with van der Waals surface area (Å²) in [6.07, 6.45) is 3.43. The van der Waals surface area contributed by atoms with Gasteiger partial charge in [-0.15, -0.1) is 0 Å². The number of benzene rings is 1. The third-order valence-electron chi connectivity index (χ3n) is 5.43. The number of hydrogen-bond donors (Lipinski definition) is 3. The molecule has 0 unspecified atom stereocenters. The van der Waals surface area contributed by atoms with E-state index < -0.39 is 0 Å². The monoisotopic (exact) mass is 428 g/mol. The Morgan fingerprint density at radius 3 is 2.56 bits per heavy atom. The molecule has 0 saturated carbocycles. The van der Waals surface area contributed by atoms with Crippen LogP contribution in [0.4, 0.5) is 28.8 Å². The van der Waals surface area contributed by atoms with Crippen molar-refractivity contribution in [3.63, 3.8) is 0 Å². The maximum absolute atomic E-state index is 12.6. The minimum atomic E-state index is -0.192. The molecule has 162 valence electrons. The number of morpholine rings is 1. The summed E-state index contributed by atoms with van der Waals surface area (Å²) in [4.78, 5) is 26.7. The Hall–Kier alpha value is -3.91.